The van der Waals surface area contributed by atoms with Crippen LogP contribution < -0.4 is 19.5 Å². The van der Waals surface area contributed by atoms with E-state index in [9.17, 15) is 19.7 Å². The average molecular weight is 443 g/mol. The van der Waals surface area contributed by atoms with Gasteiger partial charge in [-0.3, -0.25) is 19.7 Å². The van der Waals surface area contributed by atoms with Crippen molar-refractivity contribution in [2.45, 2.75) is 12.8 Å². The summed E-state index contributed by atoms with van der Waals surface area (Å²) in [4.78, 5) is 34.2. The fourth-order valence-corrected chi connectivity index (χ4v) is 2.78. The van der Waals surface area contributed by atoms with Gasteiger partial charge in [0.2, 0.25) is 5.75 Å². The van der Waals surface area contributed by atoms with Crippen molar-refractivity contribution in [1.82, 2.24) is 0 Å². The number of nitrogens with zero attached hydrogens (tertiary/aromatic N) is 2. The van der Waals surface area contributed by atoms with E-state index in [4.69, 9.17) is 24.2 Å². The fourth-order valence-electron chi connectivity index (χ4n) is 2.78. The highest BCUT2D eigenvalue weighted by molar-refractivity contribution is 5.94. The summed E-state index contributed by atoms with van der Waals surface area (Å²) in [5, 5.41) is 22.3. The number of nitrogens with one attached hydrogen (secondary N) is 1. The summed E-state index contributed by atoms with van der Waals surface area (Å²) in [6.07, 6.45) is 0.297. The number of non-ortho nitro benzene ring substituents is 1. The summed E-state index contributed by atoms with van der Waals surface area (Å²) < 4.78 is 20.7. The molecule has 0 radical (unpaired) electrons. The molecule has 0 aliphatic rings. The third-order valence-corrected chi connectivity index (χ3v) is 4.32. The number of anilines is 1. The van der Waals surface area contributed by atoms with Gasteiger partial charge in [0.1, 0.15) is 6.07 Å². The van der Waals surface area contributed by atoms with Gasteiger partial charge in [-0.15, -0.1) is 0 Å². The Morgan fingerprint density at radius 1 is 1.09 bits per heavy atom. The van der Waals surface area contributed by atoms with Crippen LogP contribution >= 0.6 is 0 Å². The topological polar surface area (TPSA) is 150 Å². The van der Waals surface area contributed by atoms with Crippen LogP contribution in [0, 0.1) is 21.4 Å². The minimum Gasteiger partial charge on any atom is -0.493 e. The molecule has 0 saturated heterocycles. The quantitative estimate of drug-likeness (QED) is 0.332. The maximum Gasteiger partial charge on any atom is 0.306 e. The van der Waals surface area contributed by atoms with Crippen LogP contribution in [-0.2, 0) is 20.7 Å². The van der Waals surface area contributed by atoms with Crippen LogP contribution in [0.4, 0.5) is 11.4 Å². The Morgan fingerprint density at radius 3 is 2.28 bits per heavy atom. The highest BCUT2D eigenvalue weighted by Gasteiger charge is 2.16. The van der Waals surface area contributed by atoms with Gasteiger partial charge in [-0.25, -0.2) is 0 Å². The SMILES string of the molecule is COc1cc(CCC(=O)OCC(=O)Nc2ccc([N+](=O)[O-])cc2C#N)cc(OC)c1OC. The molecule has 0 aromatic heterocycles. The van der Waals surface area contributed by atoms with Crippen LogP contribution in [0.15, 0.2) is 30.3 Å². The normalized spacial score (nSPS) is 9.94. The van der Waals surface area contributed by atoms with Crippen molar-refractivity contribution in [3.05, 3.63) is 51.6 Å². The molecule has 0 aliphatic carbocycles. The first-order valence-corrected chi connectivity index (χ1v) is 9.25. The van der Waals surface area contributed by atoms with Gasteiger partial charge < -0.3 is 24.3 Å². The van der Waals surface area contributed by atoms with E-state index in [0.717, 1.165) is 17.7 Å². The highest BCUT2D eigenvalue weighted by Crippen LogP contribution is 2.38. The highest BCUT2D eigenvalue weighted by atomic mass is 16.6. The Balaban J connectivity index is 1.92. The van der Waals surface area contributed by atoms with Gasteiger partial charge in [-0.1, -0.05) is 0 Å². The summed E-state index contributed by atoms with van der Waals surface area (Å²) in [5.74, 6) is 0.0348. The molecule has 0 heterocycles. The minimum atomic E-state index is -0.684. The number of aryl methyl sites for hydroxylation is 1. The lowest BCUT2D eigenvalue weighted by atomic mass is 10.1. The predicted molar refractivity (Wildman–Crippen MR) is 112 cm³/mol. The minimum absolute atomic E-state index is 0.00705. The van der Waals surface area contributed by atoms with Crippen molar-refractivity contribution in [3.8, 4) is 23.3 Å². The van der Waals surface area contributed by atoms with Crippen LogP contribution in [0.25, 0.3) is 0 Å². The van der Waals surface area contributed by atoms with Gasteiger partial charge in [-0.05, 0) is 30.2 Å². The molecule has 2 aromatic carbocycles. The molecular formula is C21H21N3O8. The molecule has 2 aromatic rings. The molecule has 0 bridgehead atoms. The largest absolute Gasteiger partial charge is 0.493 e. The van der Waals surface area contributed by atoms with Crippen LogP contribution in [0.5, 0.6) is 17.2 Å². The van der Waals surface area contributed by atoms with Crippen LogP contribution in [0.1, 0.15) is 17.5 Å². The first-order chi connectivity index (χ1) is 15.3. The van der Waals surface area contributed by atoms with E-state index in [1.54, 1.807) is 18.2 Å². The number of hydrogen-bond acceptors (Lipinski definition) is 9. The standard InChI is InChI=1S/C21H21N3O8/c1-29-17-8-13(9-18(30-2)21(17)31-3)4-7-20(26)32-12-19(25)23-16-6-5-15(24(27)28)10-14(16)11-22/h5-6,8-10H,4,7,12H2,1-3H3,(H,23,25). The van der Waals surface area contributed by atoms with Crippen molar-refractivity contribution < 1.29 is 33.5 Å². The number of benzene rings is 2. The summed E-state index contributed by atoms with van der Waals surface area (Å²) >= 11 is 0. The van der Waals surface area contributed by atoms with E-state index in [1.165, 1.54) is 27.4 Å². The van der Waals surface area contributed by atoms with E-state index in [-0.39, 0.29) is 23.4 Å². The molecule has 0 atom stereocenters. The van der Waals surface area contributed by atoms with Gasteiger partial charge >= 0.3 is 5.97 Å². The number of amides is 1. The summed E-state index contributed by atoms with van der Waals surface area (Å²) in [6, 6.07) is 8.62. The lowest BCUT2D eigenvalue weighted by molar-refractivity contribution is -0.384. The van der Waals surface area contributed by atoms with E-state index >= 15 is 0 Å². The van der Waals surface area contributed by atoms with Crippen molar-refractivity contribution >= 4 is 23.3 Å². The number of ether oxygens (including phenoxy) is 4. The first kappa shape index (κ1) is 23.9. The zero-order valence-corrected chi connectivity index (χ0v) is 17.7. The Bertz CT molecular complexity index is 1040. The first-order valence-electron chi connectivity index (χ1n) is 9.25. The number of nitriles is 1. The second-order valence-electron chi connectivity index (χ2n) is 6.34. The zero-order valence-electron chi connectivity index (χ0n) is 17.7. The zero-order chi connectivity index (χ0) is 23.7. The molecule has 0 fully saturated rings. The predicted octanol–water partition coefficient (Wildman–Crippen LogP) is 2.61. The van der Waals surface area contributed by atoms with Crippen LogP contribution in [0.3, 0.4) is 0 Å². The van der Waals surface area contributed by atoms with Gasteiger partial charge in [0.15, 0.2) is 18.1 Å². The summed E-state index contributed by atoms with van der Waals surface area (Å²) in [7, 11) is 4.45. The van der Waals surface area contributed by atoms with Crippen molar-refractivity contribution in [1.29, 1.82) is 5.26 Å². The molecule has 0 unspecified atom stereocenters. The smallest absolute Gasteiger partial charge is 0.306 e. The molecule has 0 saturated carbocycles. The lowest BCUT2D eigenvalue weighted by Crippen LogP contribution is -2.21. The van der Waals surface area contributed by atoms with Gasteiger partial charge in [-0.2, -0.15) is 5.26 Å². The molecule has 1 N–H and O–H groups in total. The van der Waals surface area contributed by atoms with E-state index in [0.29, 0.717) is 23.7 Å². The number of methoxy groups -OCH3 is 3. The van der Waals surface area contributed by atoms with Crippen LogP contribution in [-0.4, -0.2) is 44.7 Å². The number of nitro groups is 1. The lowest BCUT2D eigenvalue weighted by Gasteiger charge is -2.14. The Hall–Kier alpha value is -4.33. The summed E-state index contributed by atoms with van der Waals surface area (Å²) in [6.45, 7) is -0.573. The van der Waals surface area contributed by atoms with Crippen molar-refractivity contribution in [2.75, 3.05) is 33.3 Å². The average Bonchev–Trinajstić information content (AvgIpc) is 2.80. The number of rotatable bonds is 10. The number of hydrogen-bond donors (Lipinski definition) is 1. The Kier molecular flexibility index (Phi) is 8.36. The Morgan fingerprint density at radius 2 is 1.75 bits per heavy atom. The second kappa shape index (κ2) is 11.2. The molecule has 168 valence electrons. The van der Waals surface area contributed by atoms with E-state index in [2.05, 4.69) is 5.32 Å². The molecule has 2 rings (SSSR count). The third-order valence-electron chi connectivity index (χ3n) is 4.32. The van der Waals surface area contributed by atoms with Gasteiger partial charge in [0.25, 0.3) is 11.6 Å². The van der Waals surface area contributed by atoms with E-state index < -0.39 is 23.4 Å². The summed E-state index contributed by atoms with van der Waals surface area (Å²) in [5.41, 5.74) is 0.459. The van der Waals surface area contributed by atoms with E-state index in [1.807, 2.05) is 0 Å². The molecule has 11 nitrogen and oxygen atoms in total. The number of carbonyl (C=O) groups is 2. The van der Waals surface area contributed by atoms with Gasteiger partial charge in [0.05, 0.1) is 37.5 Å². The van der Waals surface area contributed by atoms with Gasteiger partial charge in [0, 0.05) is 18.6 Å². The van der Waals surface area contributed by atoms with Crippen LogP contribution in [0.2, 0.25) is 0 Å². The monoisotopic (exact) mass is 443 g/mol. The molecule has 0 spiro atoms. The molecule has 11 heteroatoms. The van der Waals surface area contributed by atoms with Crippen molar-refractivity contribution in [3.63, 3.8) is 0 Å². The number of esters is 1. The molecule has 0 aliphatic heterocycles. The maximum atomic E-state index is 12.0. The van der Waals surface area contributed by atoms with Crippen molar-refractivity contribution in [2.24, 2.45) is 0 Å². The molecule has 1 amide bonds. The number of nitro benzene ring substituents is 1. The molecule has 32 heavy (non-hydrogen) atoms. The maximum absolute atomic E-state index is 12.0. The number of carbonyl (C=O) groups excluding carboxylic acids is 2. The molecular weight excluding hydrogens is 422 g/mol. The fraction of sp³-hybridized carbons (Fsp3) is 0.286. The second-order valence-corrected chi connectivity index (χ2v) is 6.34. The third kappa shape index (κ3) is 6.09. The Labute approximate surface area is 183 Å².